The summed E-state index contributed by atoms with van der Waals surface area (Å²) in [7, 11) is 0. The Morgan fingerprint density at radius 3 is 2.38 bits per heavy atom. The second-order valence-electron chi connectivity index (χ2n) is 10.5. The van der Waals surface area contributed by atoms with Crippen LogP contribution in [0, 0.1) is 5.82 Å². The van der Waals surface area contributed by atoms with Crippen molar-refractivity contribution >= 4 is 45.0 Å². The maximum absolute atomic E-state index is 14.2. The molecule has 0 amide bonds. The van der Waals surface area contributed by atoms with Crippen LogP contribution in [0.3, 0.4) is 0 Å². The molecule has 5 aromatic rings. The smallest absolute Gasteiger partial charge is 0.338 e. The van der Waals surface area contributed by atoms with Gasteiger partial charge in [-0.3, -0.25) is 9.36 Å². The molecule has 0 bridgehead atoms. The molecule has 0 aliphatic carbocycles. The summed E-state index contributed by atoms with van der Waals surface area (Å²) < 4.78 is 34.4. The van der Waals surface area contributed by atoms with Crippen LogP contribution in [0.5, 0.6) is 11.5 Å². The predicted octanol–water partition coefficient (Wildman–Crippen LogP) is 6.81. The lowest BCUT2D eigenvalue weighted by atomic mass is 9.93. The van der Waals surface area contributed by atoms with E-state index >= 15 is 0 Å². The fraction of sp³-hybridized carbons (Fsp3) is 0.162. The number of thiazole rings is 1. The maximum Gasteiger partial charge on any atom is 0.338 e. The van der Waals surface area contributed by atoms with Gasteiger partial charge in [-0.1, -0.05) is 87.9 Å². The van der Waals surface area contributed by atoms with Gasteiger partial charge in [0.1, 0.15) is 12.4 Å². The van der Waals surface area contributed by atoms with Crippen molar-refractivity contribution in [3.05, 3.63) is 155 Å². The molecule has 1 atom stereocenters. The average Bonchev–Trinajstić information content (AvgIpc) is 3.39. The van der Waals surface area contributed by atoms with Crippen LogP contribution in [0.4, 0.5) is 4.39 Å². The van der Waals surface area contributed by atoms with E-state index < -0.39 is 17.8 Å². The Bertz CT molecular complexity index is 2130. The zero-order valence-corrected chi connectivity index (χ0v) is 28.0. The molecule has 1 aliphatic heterocycles. The standard InChI is InChI=1S/C37H30BrFN2O5S/c1-3-44-30-20-24(12-19-29(30)46-22-23-10-15-27(38)16-11-23)21-31-35(42)41-34(26-13-17-28(39)18-14-26)32(36(43)45-4-2)33(40-37(41)47-31)25-8-6-5-7-9-25/h5-21,34H,3-4,22H2,1-2H3/b31-21-/t34-/m0/s1. The number of ether oxygens (including phenoxy) is 3. The molecule has 0 fully saturated rings. The summed E-state index contributed by atoms with van der Waals surface area (Å²) in [6, 6.07) is 27.5. The van der Waals surface area contributed by atoms with Crippen LogP contribution < -0.4 is 24.4 Å². The lowest BCUT2D eigenvalue weighted by Gasteiger charge is -2.25. The summed E-state index contributed by atoms with van der Waals surface area (Å²) in [4.78, 5) is 33.0. The Kier molecular flexibility index (Phi) is 9.79. The summed E-state index contributed by atoms with van der Waals surface area (Å²) in [5.74, 6) is 0.0989. The summed E-state index contributed by atoms with van der Waals surface area (Å²) >= 11 is 4.66. The quantitative estimate of drug-likeness (QED) is 0.149. The van der Waals surface area contributed by atoms with E-state index in [1.807, 2.05) is 79.7 Å². The highest BCUT2D eigenvalue weighted by atomic mass is 79.9. The molecule has 0 saturated carbocycles. The van der Waals surface area contributed by atoms with Gasteiger partial charge in [0.25, 0.3) is 5.56 Å². The minimum atomic E-state index is -0.892. The fourth-order valence-corrected chi connectivity index (χ4v) is 6.56. The number of benzene rings is 4. The van der Waals surface area contributed by atoms with Gasteiger partial charge in [-0.15, -0.1) is 0 Å². The third-order valence-electron chi connectivity index (χ3n) is 7.43. The first-order chi connectivity index (χ1) is 22.9. The van der Waals surface area contributed by atoms with Gasteiger partial charge in [-0.05, 0) is 73.0 Å². The Hall–Kier alpha value is -4.80. The minimum Gasteiger partial charge on any atom is -0.490 e. The van der Waals surface area contributed by atoms with E-state index in [4.69, 9.17) is 19.2 Å². The van der Waals surface area contributed by atoms with Crippen LogP contribution in [0.25, 0.3) is 11.8 Å². The Morgan fingerprint density at radius 2 is 1.68 bits per heavy atom. The second-order valence-corrected chi connectivity index (χ2v) is 12.5. The van der Waals surface area contributed by atoms with Gasteiger partial charge < -0.3 is 14.2 Å². The van der Waals surface area contributed by atoms with Crippen molar-refractivity contribution in [1.82, 2.24) is 4.57 Å². The molecule has 0 spiro atoms. The minimum absolute atomic E-state index is 0.135. The van der Waals surface area contributed by atoms with Crippen molar-refractivity contribution in [2.24, 2.45) is 4.99 Å². The number of esters is 1. The first kappa shape index (κ1) is 32.2. The zero-order valence-electron chi connectivity index (χ0n) is 25.6. The lowest BCUT2D eigenvalue weighted by Crippen LogP contribution is -2.40. The van der Waals surface area contributed by atoms with E-state index in [1.165, 1.54) is 28.0 Å². The fourth-order valence-electron chi connectivity index (χ4n) is 5.30. The first-order valence-electron chi connectivity index (χ1n) is 15.0. The first-order valence-corrected chi connectivity index (χ1v) is 16.6. The molecule has 0 radical (unpaired) electrons. The molecule has 1 aromatic heterocycles. The number of rotatable bonds is 10. The summed E-state index contributed by atoms with van der Waals surface area (Å²) in [5, 5.41) is 0. The van der Waals surface area contributed by atoms with E-state index in [2.05, 4.69) is 15.9 Å². The molecule has 0 unspecified atom stereocenters. The number of carbonyl (C=O) groups excluding carboxylic acids is 1. The third kappa shape index (κ3) is 6.99. The van der Waals surface area contributed by atoms with Crippen molar-refractivity contribution < 1.29 is 23.4 Å². The van der Waals surface area contributed by atoms with Crippen LogP contribution in [0.1, 0.15) is 42.1 Å². The SMILES string of the molecule is CCOC(=O)C1=C(c2ccccc2)N=c2s/c(=C\c3ccc(OCc4ccc(Br)cc4)c(OCC)c3)c(=O)n2[C@H]1c1ccc(F)cc1. The summed E-state index contributed by atoms with van der Waals surface area (Å²) in [6.07, 6.45) is 1.77. The highest BCUT2D eigenvalue weighted by Gasteiger charge is 2.35. The molecule has 0 N–H and O–H groups in total. The molecule has 6 rings (SSSR count). The average molecular weight is 714 g/mol. The van der Waals surface area contributed by atoms with E-state index in [0.717, 1.165) is 15.6 Å². The molecular formula is C37H30BrFN2O5S. The number of aromatic nitrogens is 1. The summed E-state index contributed by atoms with van der Waals surface area (Å²) in [5.41, 5.74) is 3.24. The van der Waals surface area contributed by atoms with Gasteiger partial charge in [0.15, 0.2) is 16.3 Å². The van der Waals surface area contributed by atoms with Crippen LogP contribution in [-0.4, -0.2) is 23.8 Å². The summed E-state index contributed by atoms with van der Waals surface area (Å²) in [6.45, 7) is 4.54. The van der Waals surface area contributed by atoms with E-state index in [1.54, 1.807) is 25.1 Å². The highest BCUT2D eigenvalue weighted by Crippen LogP contribution is 2.35. The number of halogens is 2. The molecule has 47 heavy (non-hydrogen) atoms. The second kappa shape index (κ2) is 14.3. The third-order valence-corrected chi connectivity index (χ3v) is 8.94. The van der Waals surface area contributed by atoms with Crippen LogP contribution in [-0.2, 0) is 16.1 Å². The van der Waals surface area contributed by atoms with Crippen molar-refractivity contribution in [2.75, 3.05) is 13.2 Å². The molecule has 0 saturated heterocycles. The van der Waals surface area contributed by atoms with Crippen LogP contribution in [0.2, 0.25) is 0 Å². The number of hydrogen-bond donors (Lipinski definition) is 0. The van der Waals surface area contributed by atoms with Gasteiger partial charge in [0.2, 0.25) is 0 Å². The van der Waals surface area contributed by atoms with Gasteiger partial charge in [0.05, 0.1) is 35.1 Å². The number of carbonyl (C=O) groups is 1. The van der Waals surface area contributed by atoms with Gasteiger partial charge in [-0.25, -0.2) is 14.2 Å². The van der Waals surface area contributed by atoms with Crippen molar-refractivity contribution in [2.45, 2.75) is 26.5 Å². The molecule has 10 heteroatoms. The highest BCUT2D eigenvalue weighted by molar-refractivity contribution is 9.10. The molecule has 4 aromatic carbocycles. The Balaban J connectivity index is 1.47. The maximum atomic E-state index is 14.2. The van der Waals surface area contributed by atoms with E-state index in [0.29, 0.717) is 50.9 Å². The molecule has 7 nitrogen and oxygen atoms in total. The number of fused-ring (bicyclic) bond motifs is 1. The zero-order chi connectivity index (χ0) is 32.9. The molecule has 2 heterocycles. The predicted molar refractivity (Wildman–Crippen MR) is 184 cm³/mol. The Labute approximate surface area is 283 Å². The molecule has 1 aliphatic rings. The van der Waals surface area contributed by atoms with Gasteiger partial charge >= 0.3 is 5.97 Å². The van der Waals surface area contributed by atoms with Crippen molar-refractivity contribution in [3.63, 3.8) is 0 Å². The normalized spacial score (nSPS) is 14.4. The van der Waals surface area contributed by atoms with Crippen molar-refractivity contribution in [1.29, 1.82) is 0 Å². The Morgan fingerprint density at radius 1 is 0.936 bits per heavy atom. The number of hydrogen-bond acceptors (Lipinski definition) is 7. The largest absolute Gasteiger partial charge is 0.490 e. The molecule has 238 valence electrons. The topological polar surface area (TPSA) is 79.1 Å². The van der Waals surface area contributed by atoms with Gasteiger partial charge in [0, 0.05) is 10.0 Å². The van der Waals surface area contributed by atoms with Crippen LogP contribution >= 0.6 is 27.3 Å². The van der Waals surface area contributed by atoms with Crippen LogP contribution in [0.15, 0.2) is 117 Å². The number of nitrogens with zero attached hydrogens (tertiary/aromatic N) is 2. The van der Waals surface area contributed by atoms with E-state index in [-0.39, 0.29) is 17.7 Å². The lowest BCUT2D eigenvalue weighted by molar-refractivity contribution is -0.138. The van der Waals surface area contributed by atoms with Crippen molar-refractivity contribution in [3.8, 4) is 11.5 Å². The van der Waals surface area contributed by atoms with E-state index in [9.17, 15) is 14.0 Å². The monoisotopic (exact) mass is 712 g/mol. The van der Waals surface area contributed by atoms with Gasteiger partial charge in [-0.2, -0.15) is 0 Å². The molecular weight excluding hydrogens is 683 g/mol.